The zero-order valence-corrected chi connectivity index (χ0v) is 14.9. The van der Waals surface area contributed by atoms with Crippen LogP contribution in [0, 0.1) is 0 Å². The topological polar surface area (TPSA) is 77.4 Å². The molecular formula is C19H24O6. The van der Waals surface area contributed by atoms with E-state index in [4.69, 9.17) is 18.9 Å². The van der Waals surface area contributed by atoms with Gasteiger partial charge in [0, 0.05) is 24.1 Å². The fraction of sp³-hybridized carbons (Fsp3) is 0.368. The Bertz CT molecular complexity index is 713. The molecule has 0 fully saturated rings. The van der Waals surface area contributed by atoms with Gasteiger partial charge in [-0.05, 0) is 24.1 Å². The normalized spacial score (nSPS) is 11.7. The zero-order valence-electron chi connectivity index (χ0n) is 14.9. The number of rotatable bonds is 8. The van der Waals surface area contributed by atoms with Gasteiger partial charge < -0.3 is 29.2 Å². The van der Waals surface area contributed by atoms with Gasteiger partial charge in [-0.1, -0.05) is 6.07 Å². The molecule has 6 nitrogen and oxygen atoms in total. The number of hydrogen-bond donors (Lipinski definition) is 2. The Hall–Kier alpha value is -2.60. The summed E-state index contributed by atoms with van der Waals surface area (Å²) in [6, 6.07) is 8.67. The van der Waals surface area contributed by atoms with Gasteiger partial charge in [-0.3, -0.25) is 0 Å². The van der Waals surface area contributed by atoms with Gasteiger partial charge in [0.05, 0.1) is 34.5 Å². The minimum Gasteiger partial charge on any atom is -0.507 e. The summed E-state index contributed by atoms with van der Waals surface area (Å²) < 4.78 is 20.9. The van der Waals surface area contributed by atoms with Crippen molar-refractivity contribution in [3.05, 3.63) is 41.5 Å². The second-order valence-corrected chi connectivity index (χ2v) is 5.58. The van der Waals surface area contributed by atoms with Crippen molar-refractivity contribution in [2.45, 2.75) is 18.9 Å². The number of hydrogen-bond acceptors (Lipinski definition) is 6. The summed E-state index contributed by atoms with van der Waals surface area (Å²) in [5.41, 5.74) is 1.44. The molecule has 0 saturated heterocycles. The quantitative estimate of drug-likeness (QED) is 0.763. The molecule has 2 aromatic carbocycles. The fourth-order valence-electron chi connectivity index (χ4n) is 2.70. The van der Waals surface area contributed by atoms with Crippen LogP contribution in [-0.4, -0.2) is 44.8 Å². The molecule has 0 aromatic heterocycles. The lowest BCUT2D eigenvalue weighted by Gasteiger charge is -2.17. The van der Waals surface area contributed by atoms with Gasteiger partial charge in [-0.25, -0.2) is 0 Å². The maximum Gasteiger partial charge on any atom is 0.160 e. The van der Waals surface area contributed by atoms with Gasteiger partial charge in [-0.2, -0.15) is 0 Å². The number of aliphatic hydroxyl groups excluding tert-OH is 1. The number of aromatic hydroxyl groups is 1. The van der Waals surface area contributed by atoms with E-state index in [1.54, 1.807) is 26.4 Å². The van der Waals surface area contributed by atoms with Crippen LogP contribution in [-0.2, 0) is 12.8 Å². The molecule has 0 spiro atoms. The highest BCUT2D eigenvalue weighted by Crippen LogP contribution is 2.35. The van der Waals surface area contributed by atoms with Gasteiger partial charge in [0.2, 0.25) is 0 Å². The van der Waals surface area contributed by atoms with E-state index in [9.17, 15) is 10.2 Å². The summed E-state index contributed by atoms with van der Waals surface area (Å²) >= 11 is 0. The van der Waals surface area contributed by atoms with Crippen LogP contribution in [0.4, 0.5) is 0 Å². The van der Waals surface area contributed by atoms with Crippen molar-refractivity contribution in [2.24, 2.45) is 0 Å². The molecule has 0 saturated carbocycles. The van der Waals surface area contributed by atoms with Gasteiger partial charge in [0.25, 0.3) is 0 Å². The van der Waals surface area contributed by atoms with Crippen molar-refractivity contribution in [1.82, 2.24) is 0 Å². The number of methoxy groups -OCH3 is 4. The number of aliphatic hydroxyl groups is 1. The smallest absolute Gasteiger partial charge is 0.160 e. The molecule has 6 heteroatoms. The van der Waals surface area contributed by atoms with Gasteiger partial charge >= 0.3 is 0 Å². The predicted octanol–water partition coefficient (Wildman–Crippen LogP) is 2.57. The molecule has 0 aliphatic carbocycles. The van der Waals surface area contributed by atoms with E-state index >= 15 is 0 Å². The summed E-state index contributed by atoms with van der Waals surface area (Å²) in [4.78, 5) is 0. The maximum atomic E-state index is 10.4. The lowest BCUT2D eigenvalue weighted by atomic mass is 9.99. The molecule has 2 N–H and O–H groups in total. The molecular weight excluding hydrogens is 324 g/mol. The molecule has 0 heterocycles. The van der Waals surface area contributed by atoms with E-state index in [-0.39, 0.29) is 12.2 Å². The molecule has 136 valence electrons. The van der Waals surface area contributed by atoms with Crippen LogP contribution in [0.5, 0.6) is 28.7 Å². The molecule has 0 radical (unpaired) electrons. The number of phenols is 1. The molecule has 2 rings (SSSR count). The van der Waals surface area contributed by atoms with E-state index in [1.165, 1.54) is 20.3 Å². The number of benzene rings is 2. The average Bonchev–Trinajstić information content (AvgIpc) is 2.62. The van der Waals surface area contributed by atoms with Crippen LogP contribution in [0.2, 0.25) is 0 Å². The minimum atomic E-state index is -0.703. The van der Waals surface area contributed by atoms with Crippen LogP contribution >= 0.6 is 0 Å². The van der Waals surface area contributed by atoms with Crippen LogP contribution in [0.25, 0.3) is 0 Å². The summed E-state index contributed by atoms with van der Waals surface area (Å²) in [5, 5.41) is 20.6. The van der Waals surface area contributed by atoms with Gasteiger partial charge in [-0.15, -0.1) is 0 Å². The van der Waals surface area contributed by atoms with E-state index in [0.717, 1.165) is 5.56 Å². The molecule has 0 aliphatic heterocycles. The molecule has 2 aromatic rings. The van der Waals surface area contributed by atoms with Crippen LogP contribution in [0.3, 0.4) is 0 Å². The maximum absolute atomic E-state index is 10.4. The first-order valence-electron chi connectivity index (χ1n) is 7.85. The van der Waals surface area contributed by atoms with Crippen LogP contribution < -0.4 is 18.9 Å². The Morgan fingerprint density at radius 3 is 2.08 bits per heavy atom. The van der Waals surface area contributed by atoms with Crippen molar-refractivity contribution in [2.75, 3.05) is 28.4 Å². The largest absolute Gasteiger partial charge is 0.507 e. The SMILES string of the molecule is COc1cc(O)c(C[C@@H](O)Cc2ccc(OC)c(OC)c2)c(OC)c1. The third-order valence-electron chi connectivity index (χ3n) is 3.97. The highest BCUT2D eigenvalue weighted by Gasteiger charge is 2.17. The van der Waals surface area contributed by atoms with E-state index in [1.807, 2.05) is 12.1 Å². The average molecular weight is 348 g/mol. The van der Waals surface area contributed by atoms with Crippen LogP contribution in [0.1, 0.15) is 11.1 Å². The summed E-state index contributed by atoms with van der Waals surface area (Å²) in [7, 11) is 6.17. The van der Waals surface area contributed by atoms with Crippen molar-refractivity contribution in [3.8, 4) is 28.7 Å². The molecule has 0 bridgehead atoms. The van der Waals surface area contributed by atoms with Crippen molar-refractivity contribution < 1.29 is 29.2 Å². The van der Waals surface area contributed by atoms with Crippen molar-refractivity contribution in [1.29, 1.82) is 0 Å². The summed E-state index contributed by atoms with van der Waals surface area (Å²) in [6.45, 7) is 0. The monoisotopic (exact) mass is 348 g/mol. The van der Waals surface area contributed by atoms with E-state index in [2.05, 4.69) is 0 Å². The Labute approximate surface area is 147 Å². The molecule has 0 unspecified atom stereocenters. The second-order valence-electron chi connectivity index (χ2n) is 5.58. The number of phenolic OH excluding ortho intramolecular Hbond substituents is 1. The molecule has 0 aliphatic rings. The third-order valence-corrected chi connectivity index (χ3v) is 3.97. The molecule has 0 amide bonds. The Morgan fingerprint density at radius 2 is 1.48 bits per heavy atom. The van der Waals surface area contributed by atoms with Crippen molar-refractivity contribution in [3.63, 3.8) is 0 Å². The second kappa shape index (κ2) is 8.48. The van der Waals surface area contributed by atoms with Crippen LogP contribution in [0.15, 0.2) is 30.3 Å². The van der Waals surface area contributed by atoms with E-state index in [0.29, 0.717) is 35.0 Å². The Balaban J connectivity index is 2.16. The lowest BCUT2D eigenvalue weighted by molar-refractivity contribution is 0.173. The summed E-state index contributed by atoms with van der Waals surface area (Å²) in [5.74, 6) is 2.24. The zero-order chi connectivity index (χ0) is 18.4. The first-order valence-corrected chi connectivity index (χ1v) is 7.85. The highest BCUT2D eigenvalue weighted by molar-refractivity contribution is 5.50. The Morgan fingerprint density at radius 1 is 0.800 bits per heavy atom. The predicted molar refractivity (Wildman–Crippen MR) is 94.2 cm³/mol. The third kappa shape index (κ3) is 4.48. The van der Waals surface area contributed by atoms with Crippen molar-refractivity contribution >= 4 is 0 Å². The minimum absolute atomic E-state index is 0.0301. The van der Waals surface area contributed by atoms with Gasteiger partial charge in [0.1, 0.15) is 17.2 Å². The first-order chi connectivity index (χ1) is 12.0. The van der Waals surface area contributed by atoms with E-state index < -0.39 is 6.10 Å². The fourth-order valence-corrected chi connectivity index (χ4v) is 2.70. The highest BCUT2D eigenvalue weighted by atomic mass is 16.5. The molecule has 1 atom stereocenters. The lowest BCUT2D eigenvalue weighted by Crippen LogP contribution is -2.15. The molecule has 25 heavy (non-hydrogen) atoms. The first kappa shape index (κ1) is 18.7. The van der Waals surface area contributed by atoms with Gasteiger partial charge in [0.15, 0.2) is 11.5 Å². The Kier molecular flexibility index (Phi) is 6.36. The standard InChI is InChI=1S/C19H24O6/c1-22-14-10-16(21)15(18(11-14)24-3)9-13(20)7-12-5-6-17(23-2)19(8-12)25-4/h5-6,8,10-11,13,20-21H,7,9H2,1-4H3/t13-/m0/s1. The number of ether oxygens (including phenoxy) is 4. The summed E-state index contributed by atoms with van der Waals surface area (Å²) in [6.07, 6.45) is -0.0613.